The van der Waals surface area contributed by atoms with Gasteiger partial charge >= 0.3 is 0 Å². The molecule has 8 aromatic carbocycles. The molecule has 0 saturated carbocycles. The number of aryl methyl sites for hydroxylation is 2. The number of epoxide rings is 2. The molecular weight excluding hydrogens is 965 g/mol. The molecule has 2 saturated heterocycles. The number of benzene rings is 8. The second-order valence-corrected chi connectivity index (χ2v) is 23.4. The summed E-state index contributed by atoms with van der Waals surface area (Å²) in [5.74, 6) is 1.98. The summed E-state index contributed by atoms with van der Waals surface area (Å²) in [6, 6.07) is 71.1. The molecule has 1 N–H and O–H groups in total. The molecule has 398 valence electrons. The molecule has 7 unspecified atom stereocenters. The topological polar surface area (TPSA) is 82.2 Å². The number of hydrogen-bond acceptors (Lipinski definition) is 7. The van der Waals surface area contributed by atoms with Crippen LogP contribution in [-0.2, 0) is 41.0 Å². The molecule has 0 aromatic heterocycles. The van der Waals surface area contributed by atoms with Crippen LogP contribution in [0.3, 0.4) is 0 Å². The first-order valence-corrected chi connectivity index (χ1v) is 28.0. The summed E-state index contributed by atoms with van der Waals surface area (Å²) >= 11 is 0. The Balaban J connectivity index is 0.762. The average molecular weight is 1040 g/mol. The number of ether oxygens (including phenoxy) is 6. The van der Waals surface area contributed by atoms with E-state index in [0.29, 0.717) is 19.0 Å². The minimum atomic E-state index is -0.852. The zero-order valence-corrected chi connectivity index (χ0v) is 45.9. The van der Waals surface area contributed by atoms with E-state index in [1.54, 1.807) is 0 Å². The van der Waals surface area contributed by atoms with E-state index < -0.39 is 28.1 Å². The Hall–Kier alpha value is -6.84. The fourth-order valence-electron chi connectivity index (χ4n) is 12.7. The molecule has 2 aliphatic carbocycles. The lowest BCUT2D eigenvalue weighted by Crippen LogP contribution is -2.31. The first-order chi connectivity index (χ1) is 37.8. The Labute approximate surface area is 461 Å². The summed E-state index contributed by atoms with van der Waals surface area (Å²) in [5.41, 5.74) is 15.6. The SMILES string of the molecule is Cc1ccc2c(c1)C(c1ccccc1)CC2(c1ccc(OCC2CO2)cc1)c1ccc(C(C)(C)OCC(O)COc2ccc(C3(c4ccc(C(C)(C)OCC5CO5)cc4)CC(c4ccccc4)c4cc(C)ccc43)cc2)cc1. The van der Waals surface area contributed by atoms with Gasteiger partial charge in [-0.25, -0.2) is 0 Å². The molecular formula is C71H72O7. The molecule has 8 aromatic rings. The van der Waals surface area contributed by atoms with Crippen LogP contribution in [0, 0.1) is 13.8 Å². The van der Waals surface area contributed by atoms with Crippen LogP contribution >= 0.6 is 0 Å². The lowest BCUT2D eigenvalue weighted by atomic mass is 9.69. The minimum Gasteiger partial charge on any atom is -0.491 e. The Morgan fingerprint density at radius 1 is 0.474 bits per heavy atom. The van der Waals surface area contributed by atoms with Gasteiger partial charge in [0.15, 0.2) is 0 Å². The van der Waals surface area contributed by atoms with Crippen molar-refractivity contribution in [2.75, 3.05) is 39.6 Å². The lowest BCUT2D eigenvalue weighted by molar-refractivity contribution is -0.0717. The van der Waals surface area contributed by atoms with Gasteiger partial charge in [-0.3, -0.25) is 0 Å². The number of fused-ring (bicyclic) bond motifs is 2. The molecule has 78 heavy (non-hydrogen) atoms. The molecule has 0 spiro atoms. The first-order valence-electron chi connectivity index (χ1n) is 28.0. The molecule has 7 atom stereocenters. The number of aliphatic hydroxyl groups excluding tert-OH is 1. The zero-order chi connectivity index (χ0) is 53.7. The molecule has 12 rings (SSSR count). The standard InChI is InChI=1S/C71H72O7/c1-47-17-35-66-62(37-47)64(49-13-9-7-10-14-49)39-70(66,54-25-21-52(22-26-54)69(5,6)78-46-61-45-76-61)55-27-31-58(32-28-55)73-41-57(72)42-77-68(3,4)51-19-23-53(24-20-51)71(56-29-33-59(34-30-56)74-43-60-44-75-60)40-65(50-15-11-8-12-16-50)63-38-48(2)18-36-67(63)71/h7-38,57,60-61,64-65,72H,39-46H2,1-6H3. The highest BCUT2D eigenvalue weighted by molar-refractivity contribution is 5.63. The monoisotopic (exact) mass is 1040 g/mol. The normalized spacial score (nSPS) is 22.6. The summed E-state index contributed by atoms with van der Waals surface area (Å²) in [7, 11) is 0. The second kappa shape index (κ2) is 21.1. The molecule has 7 nitrogen and oxygen atoms in total. The van der Waals surface area contributed by atoms with Crippen LogP contribution in [0.1, 0.15) is 130 Å². The third-order valence-corrected chi connectivity index (χ3v) is 17.3. The highest BCUT2D eigenvalue weighted by atomic mass is 16.6. The van der Waals surface area contributed by atoms with Gasteiger partial charge in [0, 0.05) is 22.7 Å². The maximum absolute atomic E-state index is 11.4. The van der Waals surface area contributed by atoms with Crippen molar-refractivity contribution < 1.29 is 33.5 Å². The van der Waals surface area contributed by atoms with Gasteiger partial charge in [-0.2, -0.15) is 0 Å². The maximum Gasteiger partial charge on any atom is 0.119 e. The molecule has 0 radical (unpaired) electrons. The van der Waals surface area contributed by atoms with Crippen molar-refractivity contribution in [3.63, 3.8) is 0 Å². The van der Waals surface area contributed by atoms with E-state index in [4.69, 9.17) is 28.4 Å². The maximum atomic E-state index is 11.4. The van der Waals surface area contributed by atoms with E-state index in [9.17, 15) is 5.11 Å². The molecule has 2 heterocycles. The fourth-order valence-corrected chi connectivity index (χ4v) is 12.7. The lowest BCUT2D eigenvalue weighted by Gasteiger charge is -2.34. The second-order valence-electron chi connectivity index (χ2n) is 23.4. The van der Waals surface area contributed by atoms with Crippen LogP contribution in [0.4, 0.5) is 0 Å². The average Bonchev–Trinajstić information content (AvgIpc) is 4.55. The number of aliphatic hydroxyl groups is 1. The number of hydrogen-bond donors (Lipinski definition) is 1. The first kappa shape index (κ1) is 51.9. The zero-order valence-electron chi connectivity index (χ0n) is 45.9. The fraction of sp³-hybridized carbons (Fsp3) is 0.324. The van der Waals surface area contributed by atoms with Crippen LogP contribution in [0.15, 0.2) is 194 Å². The third-order valence-electron chi connectivity index (χ3n) is 17.3. The van der Waals surface area contributed by atoms with Crippen LogP contribution in [0.2, 0.25) is 0 Å². The van der Waals surface area contributed by atoms with Gasteiger partial charge in [-0.05, 0) is 145 Å². The minimum absolute atomic E-state index is 0.0893. The van der Waals surface area contributed by atoms with E-state index in [1.807, 2.05) is 0 Å². The predicted molar refractivity (Wildman–Crippen MR) is 308 cm³/mol. The summed E-state index contributed by atoms with van der Waals surface area (Å²) in [4.78, 5) is 0. The quantitative estimate of drug-likeness (QED) is 0.0762. The Kier molecular flexibility index (Phi) is 14.0. The van der Waals surface area contributed by atoms with Crippen LogP contribution < -0.4 is 9.47 Å². The van der Waals surface area contributed by atoms with Crippen molar-refractivity contribution in [1.29, 1.82) is 0 Å². The van der Waals surface area contributed by atoms with Crippen LogP contribution in [0.25, 0.3) is 0 Å². The summed E-state index contributed by atoms with van der Waals surface area (Å²) in [5, 5.41) is 11.4. The third kappa shape index (κ3) is 10.2. The molecule has 0 bridgehead atoms. The highest BCUT2D eigenvalue weighted by Crippen LogP contribution is 2.58. The largest absolute Gasteiger partial charge is 0.491 e. The van der Waals surface area contributed by atoms with Crippen molar-refractivity contribution in [2.24, 2.45) is 0 Å². The van der Waals surface area contributed by atoms with E-state index >= 15 is 0 Å². The van der Waals surface area contributed by atoms with Gasteiger partial charge in [0.2, 0.25) is 0 Å². The van der Waals surface area contributed by atoms with Gasteiger partial charge in [-0.1, -0.05) is 181 Å². The molecule has 4 aliphatic rings. The van der Waals surface area contributed by atoms with E-state index in [-0.39, 0.29) is 37.3 Å². The number of rotatable bonds is 20. The van der Waals surface area contributed by atoms with Crippen LogP contribution in [0.5, 0.6) is 11.5 Å². The molecule has 2 aliphatic heterocycles. The van der Waals surface area contributed by atoms with Crippen LogP contribution in [-0.4, -0.2) is 63.1 Å². The smallest absolute Gasteiger partial charge is 0.119 e. The summed E-state index contributed by atoms with van der Waals surface area (Å²) in [6.45, 7) is 15.7. The van der Waals surface area contributed by atoms with Gasteiger partial charge < -0.3 is 33.5 Å². The molecule has 0 amide bonds. The van der Waals surface area contributed by atoms with Gasteiger partial charge in [0.05, 0.1) is 37.6 Å². The van der Waals surface area contributed by atoms with E-state index in [2.05, 4.69) is 236 Å². The van der Waals surface area contributed by atoms with Gasteiger partial charge in [-0.15, -0.1) is 0 Å². The van der Waals surface area contributed by atoms with Gasteiger partial charge in [0.25, 0.3) is 0 Å². The van der Waals surface area contributed by atoms with Crippen molar-refractivity contribution in [3.8, 4) is 11.5 Å². The summed E-state index contributed by atoms with van der Waals surface area (Å²) in [6.07, 6.45) is 1.31. The Morgan fingerprint density at radius 2 is 0.872 bits per heavy atom. The van der Waals surface area contributed by atoms with Crippen molar-refractivity contribution in [2.45, 2.75) is 107 Å². The van der Waals surface area contributed by atoms with Crippen molar-refractivity contribution in [3.05, 3.63) is 272 Å². The summed E-state index contributed by atoms with van der Waals surface area (Å²) < 4.78 is 36.3. The molecule has 2 fully saturated rings. The molecule has 7 heteroatoms. The highest BCUT2D eigenvalue weighted by Gasteiger charge is 2.49. The van der Waals surface area contributed by atoms with Crippen molar-refractivity contribution in [1.82, 2.24) is 0 Å². The Morgan fingerprint density at radius 3 is 1.31 bits per heavy atom. The van der Waals surface area contributed by atoms with Crippen molar-refractivity contribution >= 4 is 0 Å². The van der Waals surface area contributed by atoms with Gasteiger partial charge in [0.1, 0.15) is 43.0 Å². The van der Waals surface area contributed by atoms with E-state index in [1.165, 1.54) is 66.8 Å². The van der Waals surface area contributed by atoms with E-state index in [0.717, 1.165) is 42.9 Å². The predicted octanol–water partition coefficient (Wildman–Crippen LogP) is 14.2. The Bertz CT molecular complexity index is 3340.